The van der Waals surface area contributed by atoms with Crippen molar-refractivity contribution < 1.29 is 8.42 Å². The molecule has 96 valence electrons. The summed E-state index contributed by atoms with van der Waals surface area (Å²) in [6.07, 6.45) is 0.504. The molecule has 5 heteroatoms. The highest BCUT2D eigenvalue weighted by Crippen LogP contribution is 2.25. The van der Waals surface area contributed by atoms with Gasteiger partial charge in [-0.15, -0.1) is 0 Å². The lowest BCUT2D eigenvalue weighted by atomic mass is 10.0. The van der Waals surface area contributed by atoms with Crippen LogP contribution in [0.3, 0.4) is 0 Å². The van der Waals surface area contributed by atoms with Gasteiger partial charge in [-0.25, -0.2) is 8.42 Å². The summed E-state index contributed by atoms with van der Waals surface area (Å²) in [6, 6.07) is 6.53. The second-order valence-electron chi connectivity index (χ2n) is 3.98. The van der Waals surface area contributed by atoms with Gasteiger partial charge in [-0.1, -0.05) is 37.6 Å². The Morgan fingerprint density at radius 3 is 2.47 bits per heavy atom. The zero-order valence-corrected chi connectivity index (χ0v) is 11.6. The predicted octanol–water partition coefficient (Wildman–Crippen LogP) is 2.55. The Kier molecular flexibility index (Phi) is 4.98. The molecule has 2 N–H and O–H groups in total. The Bertz CT molecular complexity index is 473. The standard InChI is InChI=1S/C12H18ClNO2S/c1-3-11(17(15,16)4-2)12(14)9-6-5-7-10(13)8-9/h5-8,11-12H,3-4,14H2,1-2H3/t11-,12-/m1/s1. The van der Waals surface area contributed by atoms with Crippen molar-refractivity contribution in [2.45, 2.75) is 31.6 Å². The molecule has 0 spiro atoms. The number of rotatable bonds is 5. The van der Waals surface area contributed by atoms with Crippen molar-refractivity contribution in [1.29, 1.82) is 0 Å². The highest BCUT2D eigenvalue weighted by Gasteiger charge is 2.29. The van der Waals surface area contributed by atoms with Gasteiger partial charge in [-0.3, -0.25) is 0 Å². The van der Waals surface area contributed by atoms with Crippen LogP contribution in [0.25, 0.3) is 0 Å². The second kappa shape index (κ2) is 5.85. The first-order valence-electron chi connectivity index (χ1n) is 5.65. The van der Waals surface area contributed by atoms with E-state index in [1.165, 1.54) is 0 Å². The summed E-state index contributed by atoms with van der Waals surface area (Å²) in [4.78, 5) is 0. The number of halogens is 1. The van der Waals surface area contributed by atoms with Crippen LogP contribution in [0.2, 0.25) is 5.02 Å². The molecule has 0 bridgehead atoms. The Morgan fingerprint density at radius 1 is 1.35 bits per heavy atom. The van der Waals surface area contributed by atoms with Crippen LogP contribution >= 0.6 is 11.6 Å². The molecule has 0 unspecified atom stereocenters. The molecule has 0 amide bonds. The number of benzene rings is 1. The average molecular weight is 276 g/mol. The van der Waals surface area contributed by atoms with Crippen LogP contribution in [-0.2, 0) is 9.84 Å². The van der Waals surface area contributed by atoms with Crippen LogP contribution in [0, 0.1) is 0 Å². The van der Waals surface area contributed by atoms with Crippen LogP contribution in [-0.4, -0.2) is 19.4 Å². The van der Waals surface area contributed by atoms with Crippen molar-refractivity contribution in [2.75, 3.05) is 5.75 Å². The normalized spacial score (nSPS) is 15.5. The van der Waals surface area contributed by atoms with E-state index >= 15 is 0 Å². The molecule has 0 aliphatic heterocycles. The van der Waals surface area contributed by atoms with Gasteiger partial charge >= 0.3 is 0 Å². The average Bonchev–Trinajstić information content (AvgIpc) is 2.29. The summed E-state index contributed by atoms with van der Waals surface area (Å²) in [5, 5.41) is 0.0210. The molecule has 0 aliphatic rings. The highest BCUT2D eigenvalue weighted by molar-refractivity contribution is 7.92. The topological polar surface area (TPSA) is 60.2 Å². The molecule has 1 aromatic rings. The summed E-state index contributed by atoms with van der Waals surface area (Å²) in [6.45, 7) is 3.48. The van der Waals surface area contributed by atoms with Gasteiger partial charge in [0.05, 0.1) is 5.25 Å². The lowest BCUT2D eigenvalue weighted by molar-refractivity contribution is 0.549. The van der Waals surface area contributed by atoms with E-state index in [9.17, 15) is 8.42 Å². The van der Waals surface area contributed by atoms with E-state index in [2.05, 4.69) is 0 Å². The van der Waals surface area contributed by atoms with E-state index in [0.717, 1.165) is 5.56 Å². The molecular formula is C12H18ClNO2S. The maximum atomic E-state index is 11.9. The maximum absolute atomic E-state index is 11.9. The van der Waals surface area contributed by atoms with Crippen LogP contribution in [0.5, 0.6) is 0 Å². The molecule has 0 aromatic heterocycles. The molecule has 0 radical (unpaired) electrons. The molecule has 1 aromatic carbocycles. The summed E-state index contributed by atoms with van der Waals surface area (Å²) < 4.78 is 23.8. The molecule has 3 nitrogen and oxygen atoms in total. The number of hydrogen-bond donors (Lipinski definition) is 1. The highest BCUT2D eigenvalue weighted by atomic mass is 35.5. The smallest absolute Gasteiger partial charge is 0.154 e. The summed E-state index contributed by atoms with van der Waals surface area (Å²) in [7, 11) is -3.14. The largest absolute Gasteiger partial charge is 0.323 e. The van der Waals surface area contributed by atoms with Crippen LogP contribution in [0.15, 0.2) is 24.3 Å². The van der Waals surface area contributed by atoms with Crippen molar-refractivity contribution in [1.82, 2.24) is 0 Å². The van der Waals surface area contributed by atoms with E-state index < -0.39 is 21.1 Å². The fourth-order valence-corrected chi connectivity index (χ4v) is 3.61. The first-order valence-corrected chi connectivity index (χ1v) is 7.74. The minimum Gasteiger partial charge on any atom is -0.323 e. The molecule has 0 fully saturated rings. The van der Waals surface area contributed by atoms with Crippen molar-refractivity contribution in [2.24, 2.45) is 5.73 Å². The van der Waals surface area contributed by atoms with Crippen molar-refractivity contribution >= 4 is 21.4 Å². The minimum atomic E-state index is -3.14. The van der Waals surface area contributed by atoms with E-state index in [1.54, 1.807) is 25.1 Å². The zero-order chi connectivity index (χ0) is 13.1. The first-order chi connectivity index (χ1) is 7.92. The third kappa shape index (κ3) is 3.44. The van der Waals surface area contributed by atoms with E-state index in [0.29, 0.717) is 11.4 Å². The van der Waals surface area contributed by atoms with Gasteiger partial charge in [0.25, 0.3) is 0 Å². The SMILES string of the molecule is CC[C@H]([C@H](N)c1cccc(Cl)c1)S(=O)(=O)CC. The maximum Gasteiger partial charge on any atom is 0.154 e. The van der Waals surface area contributed by atoms with Crippen LogP contribution in [0.1, 0.15) is 31.9 Å². The Labute approximate surface area is 108 Å². The molecule has 0 saturated heterocycles. The Morgan fingerprint density at radius 2 is 2.00 bits per heavy atom. The third-order valence-electron chi connectivity index (χ3n) is 2.90. The zero-order valence-electron chi connectivity index (χ0n) is 10.1. The first kappa shape index (κ1) is 14.5. The van der Waals surface area contributed by atoms with E-state index in [4.69, 9.17) is 17.3 Å². The molecular weight excluding hydrogens is 258 g/mol. The lowest BCUT2D eigenvalue weighted by Gasteiger charge is -2.22. The minimum absolute atomic E-state index is 0.111. The Balaban J connectivity index is 3.06. The third-order valence-corrected chi connectivity index (χ3v) is 5.49. The second-order valence-corrected chi connectivity index (χ2v) is 6.92. The lowest BCUT2D eigenvalue weighted by Crippen LogP contribution is -2.34. The number of sulfone groups is 1. The molecule has 17 heavy (non-hydrogen) atoms. The van der Waals surface area contributed by atoms with Gasteiger partial charge in [-0.05, 0) is 24.1 Å². The van der Waals surface area contributed by atoms with Gasteiger partial charge in [-0.2, -0.15) is 0 Å². The van der Waals surface area contributed by atoms with Crippen LogP contribution in [0.4, 0.5) is 0 Å². The Hall–Kier alpha value is -0.580. The van der Waals surface area contributed by atoms with Crippen molar-refractivity contribution in [3.63, 3.8) is 0 Å². The van der Waals surface area contributed by atoms with Gasteiger partial charge in [0.15, 0.2) is 9.84 Å². The van der Waals surface area contributed by atoms with Crippen molar-refractivity contribution in [3.05, 3.63) is 34.9 Å². The summed E-state index contributed by atoms with van der Waals surface area (Å²) in [5.74, 6) is 0.111. The van der Waals surface area contributed by atoms with Gasteiger partial charge in [0, 0.05) is 16.8 Å². The fraction of sp³-hybridized carbons (Fsp3) is 0.500. The van der Waals surface area contributed by atoms with Crippen LogP contribution < -0.4 is 5.73 Å². The summed E-state index contributed by atoms with van der Waals surface area (Å²) >= 11 is 5.88. The fourth-order valence-electron chi connectivity index (χ4n) is 1.87. The van der Waals surface area contributed by atoms with Gasteiger partial charge in [0.1, 0.15) is 0 Å². The van der Waals surface area contributed by atoms with Gasteiger partial charge in [0.2, 0.25) is 0 Å². The number of nitrogens with two attached hydrogens (primary N) is 1. The van der Waals surface area contributed by atoms with E-state index in [1.807, 2.05) is 13.0 Å². The molecule has 0 aliphatic carbocycles. The predicted molar refractivity (Wildman–Crippen MR) is 71.9 cm³/mol. The van der Waals surface area contributed by atoms with Crippen molar-refractivity contribution in [3.8, 4) is 0 Å². The molecule has 0 saturated carbocycles. The monoisotopic (exact) mass is 275 g/mol. The molecule has 2 atom stereocenters. The van der Waals surface area contributed by atoms with Gasteiger partial charge < -0.3 is 5.73 Å². The summed E-state index contributed by atoms with van der Waals surface area (Å²) in [5.41, 5.74) is 6.81. The quantitative estimate of drug-likeness (QED) is 0.898. The van der Waals surface area contributed by atoms with E-state index in [-0.39, 0.29) is 5.75 Å². The molecule has 1 rings (SSSR count). The molecule has 0 heterocycles. The number of hydrogen-bond acceptors (Lipinski definition) is 3.